The van der Waals surface area contributed by atoms with Gasteiger partial charge in [0.1, 0.15) is 25.3 Å². The van der Waals surface area contributed by atoms with E-state index in [9.17, 15) is 0 Å². The van der Waals surface area contributed by atoms with Crippen LogP contribution in [0.3, 0.4) is 0 Å². The fraction of sp³-hybridized carbons (Fsp3) is 0.400. The highest BCUT2D eigenvalue weighted by Gasteiger charge is 2.09. The third kappa shape index (κ3) is 5.95. The van der Waals surface area contributed by atoms with Gasteiger partial charge in [0.25, 0.3) is 0 Å². The van der Waals surface area contributed by atoms with Gasteiger partial charge in [-0.1, -0.05) is 34.8 Å². The highest BCUT2D eigenvalue weighted by Crippen LogP contribution is 2.35. The van der Waals surface area contributed by atoms with Gasteiger partial charge < -0.3 is 15.4 Å². The van der Waals surface area contributed by atoms with Crippen molar-refractivity contribution >= 4 is 40.8 Å². The van der Waals surface area contributed by atoms with E-state index in [0.29, 0.717) is 46.5 Å². The summed E-state index contributed by atoms with van der Waals surface area (Å²) in [6.07, 6.45) is 1.50. The van der Waals surface area contributed by atoms with Gasteiger partial charge in [-0.05, 0) is 19.1 Å². The van der Waals surface area contributed by atoms with Crippen molar-refractivity contribution in [2.24, 2.45) is 12.0 Å². The lowest BCUT2D eigenvalue weighted by molar-refractivity contribution is 0.322. The topological polar surface area (TPSA) is 76.4 Å². The van der Waals surface area contributed by atoms with Crippen LogP contribution in [0.2, 0.25) is 15.1 Å². The smallest absolute Gasteiger partial charge is 0.191 e. The van der Waals surface area contributed by atoms with Crippen molar-refractivity contribution in [3.63, 3.8) is 0 Å². The van der Waals surface area contributed by atoms with Crippen LogP contribution in [0, 0.1) is 0 Å². The third-order valence-electron chi connectivity index (χ3n) is 3.13. The van der Waals surface area contributed by atoms with Gasteiger partial charge in [-0.15, -0.1) is 0 Å². The average Bonchev–Trinajstić information content (AvgIpc) is 2.96. The van der Waals surface area contributed by atoms with E-state index < -0.39 is 0 Å². The molecule has 0 bridgehead atoms. The second kappa shape index (κ2) is 9.70. The van der Waals surface area contributed by atoms with Crippen LogP contribution in [0.15, 0.2) is 23.5 Å². The summed E-state index contributed by atoms with van der Waals surface area (Å²) in [7, 11) is 1.83. The predicted octanol–water partition coefficient (Wildman–Crippen LogP) is 2.91. The van der Waals surface area contributed by atoms with Crippen molar-refractivity contribution in [2.45, 2.75) is 13.5 Å². The summed E-state index contributed by atoms with van der Waals surface area (Å²) in [5, 5.41) is 11.5. The molecule has 0 fully saturated rings. The van der Waals surface area contributed by atoms with Crippen LogP contribution in [-0.2, 0) is 13.6 Å². The molecular weight excluding hydrogens is 387 g/mol. The van der Waals surface area contributed by atoms with Crippen LogP contribution in [0.25, 0.3) is 0 Å². The maximum atomic E-state index is 6.08. The van der Waals surface area contributed by atoms with Crippen LogP contribution in [-0.4, -0.2) is 40.4 Å². The van der Waals surface area contributed by atoms with Gasteiger partial charge in [-0.3, -0.25) is 4.68 Å². The van der Waals surface area contributed by atoms with Gasteiger partial charge in [0, 0.05) is 18.6 Å². The number of benzene rings is 1. The number of rotatable bonds is 7. The van der Waals surface area contributed by atoms with E-state index in [4.69, 9.17) is 39.5 Å². The Morgan fingerprint density at radius 3 is 2.56 bits per heavy atom. The third-order valence-corrected chi connectivity index (χ3v) is 3.91. The Bertz CT molecular complexity index is 711. The maximum Gasteiger partial charge on any atom is 0.191 e. The van der Waals surface area contributed by atoms with E-state index in [2.05, 4.69) is 25.7 Å². The first-order chi connectivity index (χ1) is 12.0. The van der Waals surface area contributed by atoms with Gasteiger partial charge >= 0.3 is 0 Å². The van der Waals surface area contributed by atoms with Crippen molar-refractivity contribution in [1.82, 2.24) is 25.4 Å². The minimum Gasteiger partial charge on any atom is -0.489 e. The number of nitrogens with one attached hydrogen (secondary N) is 2. The second-order valence-corrected chi connectivity index (χ2v) is 6.22. The molecule has 1 aromatic heterocycles. The quantitative estimate of drug-likeness (QED) is 0.421. The molecule has 2 N–H and O–H groups in total. The minimum absolute atomic E-state index is 0.357. The molecule has 2 aromatic rings. The number of guanidine groups is 1. The Kier molecular flexibility index (Phi) is 7.61. The lowest BCUT2D eigenvalue weighted by atomic mass is 10.3. The standard InChI is InChI=1S/C15H19Cl3N6O/c1-3-19-15(21-8-13-22-9-23-24(13)2)20-4-5-25-14-11(17)6-10(16)7-12(14)18/h6-7,9H,3-5,8H2,1-2H3,(H2,19,20,21). The number of ether oxygens (including phenoxy) is 1. The van der Waals surface area contributed by atoms with Crippen molar-refractivity contribution < 1.29 is 4.74 Å². The summed E-state index contributed by atoms with van der Waals surface area (Å²) in [5.74, 6) is 1.84. The van der Waals surface area contributed by atoms with Crippen LogP contribution < -0.4 is 15.4 Å². The van der Waals surface area contributed by atoms with Crippen LogP contribution in [0.4, 0.5) is 0 Å². The molecule has 0 aliphatic rings. The van der Waals surface area contributed by atoms with Crippen LogP contribution >= 0.6 is 34.8 Å². The molecule has 0 atom stereocenters. The summed E-state index contributed by atoms with van der Waals surface area (Å²) in [4.78, 5) is 8.59. The number of halogens is 3. The number of aliphatic imine (C=N–C) groups is 1. The van der Waals surface area contributed by atoms with E-state index >= 15 is 0 Å². The first-order valence-electron chi connectivity index (χ1n) is 7.63. The lowest BCUT2D eigenvalue weighted by Crippen LogP contribution is -2.39. The molecule has 25 heavy (non-hydrogen) atoms. The Labute approximate surface area is 161 Å². The van der Waals surface area contributed by atoms with E-state index in [-0.39, 0.29) is 0 Å². The number of nitrogens with zero attached hydrogens (tertiary/aromatic N) is 4. The van der Waals surface area contributed by atoms with Gasteiger partial charge in [-0.25, -0.2) is 9.98 Å². The lowest BCUT2D eigenvalue weighted by Gasteiger charge is -2.13. The zero-order valence-electron chi connectivity index (χ0n) is 13.9. The van der Waals surface area contributed by atoms with Gasteiger partial charge in [0.15, 0.2) is 11.7 Å². The highest BCUT2D eigenvalue weighted by atomic mass is 35.5. The zero-order chi connectivity index (χ0) is 18.2. The maximum absolute atomic E-state index is 6.08. The van der Waals surface area contributed by atoms with Crippen LogP contribution in [0.5, 0.6) is 5.75 Å². The van der Waals surface area contributed by atoms with E-state index in [1.165, 1.54) is 6.33 Å². The number of aryl methyl sites for hydroxylation is 1. The zero-order valence-corrected chi connectivity index (χ0v) is 16.2. The van der Waals surface area contributed by atoms with Crippen molar-refractivity contribution in [3.8, 4) is 5.75 Å². The summed E-state index contributed by atoms with van der Waals surface area (Å²) >= 11 is 18.0. The SMILES string of the molecule is CCNC(=NCc1ncnn1C)NCCOc1c(Cl)cc(Cl)cc1Cl. The molecule has 0 aliphatic heterocycles. The molecule has 10 heteroatoms. The first kappa shape index (κ1) is 19.6. The van der Waals surface area contributed by atoms with Crippen molar-refractivity contribution in [1.29, 1.82) is 0 Å². The van der Waals surface area contributed by atoms with Gasteiger partial charge in [0.2, 0.25) is 0 Å². The number of hydrogen-bond acceptors (Lipinski definition) is 4. The van der Waals surface area contributed by atoms with Gasteiger partial charge in [0.05, 0.1) is 16.6 Å². The normalized spacial score (nSPS) is 11.5. The fourth-order valence-electron chi connectivity index (χ4n) is 1.94. The molecule has 0 unspecified atom stereocenters. The average molecular weight is 406 g/mol. The molecule has 2 rings (SSSR count). The van der Waals surface area contributed by atoms with Crippen LogP contribution in [0.1, 0.15) is 12.7 Å². The fourth-order valence-corrected chi connectivity index (χ4v) is 2.87. The molecule has 136 valence electrons. The second-order valence-electron chi connectivity index (χ2n) is 4.97. The van der Waals surface area contributed by atoms with Crippen molar-refractivity contribution in [2.75, 3.05) is 19.7 Å². The molecule has 0 spiro atoms. The molecule has 0 amide bonds. The Morgan fingerprint density at radius 2 is 1.96 bits per heavy atom. The van der Waals surface area contributed by atoms with E-state index in [0.717, 1.165) is 12.4 Å². The summed E-state index contributed by atoms with van der Waals surface area (Å²) < 4.78 is 7.31. The predicted molar refractivity (Wildman–Crippen MR) is 101 cm³/mol. The Morgan fingerprint density at radius 1 is 1.24 bits per heavy atom. The number of aromatic nitrogens is 3. The summed E-state index contributed by atoms with van der Waals surface area (Å²) in [6, 6.07) is 3.17. The summed E-state index contributed by atoms with van der Waals surface area (Å²) in [6.45, 7) is 4.01. The highest BCUT2D eigenvalue weighted by molar-refractivity contribution is 6.40. The Balaban J connectivity index is 1.86. The molecule has 0 saturated carbocycles. The molecule has 0 aliphatic carbocycles. The molecule has 0 radical (unpaired) electrons. The minimum atomic E-state index is 0.357. The first-order valence-corrected chi connectivity index (χ1v) is 8.77. The molecule has 0 saturated heterocycles. The molecule has 1 heterocycles. The largest absolute Gasteiger partial charge is 0.489 e. The molecular formula is C15H19Cl3N6O. The monoisotopic (exact) mass is 404 g/mol. The Hall–Kier alpha value is -1.70. The molecule has 7 nitrogen and oxygen atoms in total. The van der Waals surface area contributed by atoms with Gasteiger partial charge in [-0.2, -0.15) is 5.10 Å². The number of hydrogen-bond donors (Lipinski definition) is 2. The molecule has 1 aromatic carbocycles. The van der Waals surface area contributed by atoms with Crippen molar-refractivity contribution in [3.05, 3.63) is 39.4 Å². The van der Waals surface area contributed by atoms with E-state index in [1.807, 2.05) is 14.0 Å². The summed E-state index contributed by atoms with van der Waals surface area (Å²) in [5.41, 5.74) is 0. The van der Waals surface area contributed by atoms with E-state index in [1.54, 1.807) is 16.8 Å².